The number of hydrogen-bond acceptors (Lipinski definition) is 5. The van der Waals surface area contributed by atoms with Crippen LogP contribution in [0.15, 0.2) is 77.7 Å². The van der Waals surface area contributed by atoms with E-state index in [1.807, 2.05) is 6.07 Å². The van der Waals surface area contributed by atoms with Crippen LogP contribution >= 0.6 is 0 Å². The van der Waals surface area contributed by atoms with E-state index >= 15 is 0 Å². The third-order valence-corrected chi connectivity index (χ3v) is 7.45. The van der Waals surface area contributed by atoms with Crippen LogP contribution in [0.5, 0.6) is 5.75 Å². The minimum atomic E-state index is -3.91. The molecule has 9 heteroatoms. The molecule has 35 heavy (non-hydrogen) atoms. The highest BCUT2D eigenvalue weighted by atomic mass is 32.2. The maximum atomic E-state index is 13.5. The Morgan fingerprint density at radius 1 is 1.06 bits per heavy atom. The quantitative estimate of drug-likeness (QED) is 0.384. The van der Waals surface area contributed by atoms with Crippen LogP contribution in [-0.4, -0.2) is 33.0 Å². The molecule has 1 N–H and O–H groups in total. The van der Waals surface area contributed by atoms with Crippen LogP contribution in [0.4, 0.5) is 15.8 Å². The Bertz CT molecular complexity index is 1510. The molecule has 3 aromatic carbocycles. The summed E-state index contributed by atoms with van der Waals surface area (Å²) in [6, 6.07) is 18.8. The summed E-state index contributed by atoms with van der Waals surface area (Å²) in [5.74, 6) is -0.612. The summed E-state index contributed by atoms with van der Waals surface area (Å²) in [6.45, 7) is 3.62. The number of carbonyl (C=O) groups is 1. The number of ether oxygens (including phenoxy) is 1. The van der Waals surface area contributed by atoms with Crippen LogP contribution in [0.2, 0.25) is 0 Å². The molecule has 0 saturated heterocycles. The van der Waals surface area contributed by atoms with Crippen molar-refractivity contribution in [2.45, 2.75) is 18.7 Å². The Balaban J connectivity index is 1.70. The summed E-state index contributed by atoms with van der Waals surface area (Å²) in [4.78, 5) is 17.5. The first-order chi connectivity index (χ1) is 16.7. The third kappa shape index (κ3) is 4.81. The number of halogens is 1. The van der Waals surface area contributed by atoms with Gasteiger partial charge in [0.25, 0.3) is 15.9 Å². The molecular weight excluding hydrogens is 469 g/mol. The third-order valence-electron chi connectivity index (χ3n) is 5.55. The second-order valence-electron chi connectivity index (χ2n) is 7.78. The Labute approximate surface area is 203 Å². The normalized spacial score (nSPS) is 11.3. The molecule has 0 aliphatic heterocycles. The summed E-state index contributed by atoms with van der Waals surface area (Å²) in [6.07, 6.45) is 0. The van der Waals surface area contributed by atoms with Crippen molar-refractivity contribution in [3.63, 3.8) is 0 Å². The predicted molar refractivity (Wildman–Crippen MR) is 134 cm³/mol. The topological polar surface area (TPSA) is 88.6 Å². The van der Waals surface area contributed by atoms with Crippen molar-refractivity contribution < 1.29 is 22.3 Å². The number of sulfonamides is 1. The molecule has 7 nitrogen and oxygen atoms in total. The van der Waals surface area contributed by atoms with E-state index in [-0.39, 0.29) is 22.7 Å². The van der Waals surface area contributed by atoms with Gasteiger partial charge in [0.15, 0.2) is 0 Å². The zero-order chi connectivity index (χ0) is 25.2. The van der Waals surface area contributed by atoms with E-state index in [0.29, 0.717) is 28.0 Å². The van der Waals surface area contributed by atoms with E-state index < -0.39 is 21.7 Å². The molecule has 0 aliphatic carbocycles. The molecule has 4 aromatic rings. The lowest BCUT2D eigenvalue weighted by atomic mass is 10.1. The predicted octanol–water partition coefficient (Wildman–Crippen LogP) is 5.16. The van der Waals surface area contributed by atoms with Crippen LogP contribution in [0.3, 0.4) is 0 Å². The zero-order valence-corrected chi connectivity index (χ0v) is 20.3. The molecule has 0 aliphatic rings. The number of anilines is 2. The zero-order valence-electron chi connectivity index (χ0n) is 19.4. The lowest BCUT2D eigenvalue weighted by molar-refractivity contribution is 0.102. The fourth-order valence-electron chi connectivity index (χ4n) is 3.81. The monoisotopic (exact) mass is 493 g/mol. The van der Waals surface area contributed by atoms with Gasteiger partial charge in [0.2, 0.25) is 0 Å². The maximum absolute atomic E-state index is 13.5. The second-order valence-corrected chi connectivity index (χ2v) is 9.64. The van der Waals surface area contributed by atoms with Crippen LogP contribution in [0, 0.1) is 12.7 Å². The standard InChI is InChI=1S/C26H24FN3O4S/c1-4-30(20-8-6-5-7-9-20)35(32,33)21-12-13-25(34-3)24(16-21)29-26(31)22-14-18-10-11-19(27)15-23(18)28-17(22)2/h5-16H,4H2,1-3H3,(H,29,31). The first-order valence-electron chi connectivity index (χ1n) is 10.9. The molecule has 0 spiro atoms. The van der Waals surface area contributed by atoms with Crippen molar-refractivity contribution in [2.75, 3.05) is 23.3 Å². The largest absolute Gasteiger partial charge is 0.495 e. The average molecular weight is 494 g/mol. The Morgan fingerprint density at radius 2 is 1.80 bits per heavy atom. The summed E-state index contributed by atoms with van der Waals surface area (Å²) in [7, 11) is -2.49. The molecule has 0 unspecified atom stereocenters. The van der Waals surface area contributed by atoms with Crippen molar-refractivity contribution in [2.24, 2.45) is 0 Å². The van der Waals surface area contributed by atoms with Crippen molar-refractivity contribution in [3.05, 3.63) is 89.9 Å². The van der Waals surface area contributed by atoms with E-state index in [1.54, 1.807) is 50.2 Å². The molecular formula is C26H24FN3O4S. The van der Waals surface area contributed by atoms with Gasteiger partial charge in [-0.2, -0.15) is 0 Å². The second kappa shape index (κ2) is 9.71. The molecule has 180 valence electrons. The number of aryl methyl sites for hydroxylation is 1. The van der Waals surface area contributed by atoms with Crippen molar-refractivity contribution in [3.8, 4) is 5.75 Å². The number of nitrogens with one attached hydrogen (secondary N) is 1. The van der Waals surface area contributed by atoms with Crippen LogP contribution in [0.1, 0.15) is 23.0 Å². The van der Waals surface area contributed by atoms with Crippen LogP contribution < -0.4 is 14.4 Å². The van der Waals surface area contributed by atoms with E-state index in [9.17, 15) is 17.6 Å². The first-order valence-corrected chi connectivity index (χ1v) is 12.3. The lowest BCUT2D eigenvalue weighted by Gasteiger charge is -2.23. The average Bonchev–Trinajstić information content (AvgIpc) is 2.84. The highest BCUT2D eigenvalue weighted by Crippen LogP contribution is 2.31. The number of hydrogen-bond donors (Lipinski definition) is 1. The van der Waals surface area contributed by atoms with E-state index in [2.05, 4.69) is 10.3 Å². The summed E-state index contributed by atoms with van der Waals surface area (Å²) in [5.41, 5.74) is 1.85. The fraction of sp³-hybridized carbons (Fsp3) is 0.154. The molecule has 1 aromatic heterocycles. The Morgan fingerprint density at radius 3 is 2.49 bits per heavy atom. The lowest BCUT2D eigenvalue weighted by Crippen LogP contribution is -2.30. The van der Waals surface area contributed by atoms with Crippen molar-refractivity contribution in [1.82, 2.24) is 4.98 Å². The van der Waals surface area contributed by atoms with Crippen molar-refractivity contribution >= 4 is 38.2 Å². The summed E-state index contributed by atoms with van der Waals surface area (Å²) < 4.78 is 47.0. The number of methoxy groups -OCH3 is 1. The van der Waals surface area contributed by atoms with Crippen LogP contribution in [0.25, 0.3) is 10.9 Å². The Hall–Kier alpha value is -3.98. The van der Waals surface area contributed by atoms with Gasteiger partial charge in [-0.05, 0) is 62.4 Å². The number of rotatable bonds is 7. The Kier molecular flexibility index (Phi) is 6.70. The molecule has 0 fully saturated rings. The minimum absolute atomic E-state index is 0.00290. The van der Waals surface area contributed by atoms with E-state index in [1.165, 1.54) is 41.7 Å². The number of carbonyl (C=O) groups excluding carboxylic acids is 1. The number of nitrogens with zero attached hydrogens (tertiary/aromatic N) is 2. The number of fused-ring (bicyclic) bond motifs is 1. The van der Waals surface area contributed by atoms with Gasteiger partial charge in [-0.3, -0.25) is 14.1 Å². The van der Waals surface area contributed by atoms with Crippen LogP contribution in [-0.2, 0) is 10.0 Å². The fourth-order valence-corrected chi connectivity index (χ4v) is 5.31. The highest BCUT2D eigenvalue weighted by Gasteiger charge is 2.25. The minimum Gasteiger partial charge on any atom is -0.495 e. The summed E-state index contributed by atoms with van der Waals surface area (Å²) in [5, 5.41) is 3.35. The molecule has 0 saturated carbocycles. The smallest absolute Gasteiger partial charge is 0.264 e. The molecule has 0 radical (unpaired) electrons. The van der Waals surface area contributed by atoms with E-state index in [4.69, 9.17) is 4.74 Å². The van der Waals surface area contributed by atoms with Crippen molar-refractivity contribution in [1.29, 1.82) is 0 Å². The SMILES string of the molecule is CCN(c1ccccc1)S(=O)(=O)c1ccc(OC)c(NC(=O)c2cc3ccc(F)cc3nc2C)c1. The van der Waals surface area contributed by atoms with Gasteiger partial charge in [-0.25, -0.2) is 12.8 Å². The maximum Gasteiger partial charge on any atom is 0.264 e. The number of aromatic nitrogens is 1. The van der Waals surface area contributed by atoms with Gasteiger partial charge in [0, 0.05) is 18.0 Å². The highest BCUT2D eigenvalue weighted by molar-refractivity contribution is 7.92. The molecule has 0 atom stereocenters. The molecule has 1 heterocycles. The first kappa shape index (κ1) is 24.2. The molecule has 0 bridgehead atoms. The molecule has 1 amide bonds. The summed E-state index contributed by atoms with van der Waals surface area (Å²) >= 11 is 0. The number of para-hydroxylation sites is 1. The number of benzene rings is 3. The van der Waals surface area contributed by atoms with Gasteiger partial charge in [0.05, 0.1) is 40.2 Å². The van der Waals surface area contributed by atoms with Gasteiger partial charge >= 0.3 is 0 Å². The van der Waals surface area contributed by atoms with E-state index in [0.717, 1.165) is 0 Å². The van der Waals surface area contributed by atoms with Gasteiger partial charge in [0.1, 0.15) is 11.6 Å². The number of pyridine rings is 1. The van der Waals surface area contributed by atoms with Gasteiger partial charge in [-0.15, -0.1) is 0 Å². The number of amides is 1. The van der Waals surface area contributed by atoms with Gasteiger partial charge < -0.3 is 10.1 Å². The van der Waals surface area contributed by atoms with Gasteiger partial charge in [-0.1, -0.05) is 18.2 Å². The molecule has 4 rings (SSSR count).